The van der Waals surface area contributed by atoms with Crippen molar-refractivity contribution in [2.75, 3.05) is 11.5 Å². The maximum absolute atomic E-state index is 9.41. The Morgan fingerprint density at radius 3 is 2.73 bits per heavy atom. The van der Waals surface area contributed by atoms with Crippen LogP contribution in [0.2, 0.25) is 0 Å². The van der Waals surface area contributed by atoms with Gasteiger partial charge in [0.25, 0.3) is 0 Å². The van der Waals surface area contributed by atoms with Crippen molar-refractivity contribution >= 4 is 11.8 Å². The molecule has 3 rings (SSSR count). The third-order valence-electron chi connectivity index (χ3n) is 3.65. The van der Waals surface area contributed by atoms with E-state index in [1.807, 2.05) is 50.4 Å². The predicted octanol–water partition coefficient (Wildman–Crippen LogP) is 2.21. The summed E-state index contributed by atoms with van der Waals surface area (Å²) in [6.45, 7) is 4.44. The Hall–Kier alpha value is -3.60. The smallest absolute Gasteiger partial charge is 0.222 e. The van der Waals surface area contributed by atoms with E-state index in [9.17, 15) is 5.26 Å². The normalized spacial score (nSPS) is 10.7. The molecule has 0 aliphatic heterocycles. The molecule has 132 valence electrons. The van der Waals surface area contributed by atoms with Gasteiger partial charge in [-0.25, -0.2) is 4.98 Å². The SMILES string of the molecule is CC(C)Oc1ccc(-c2nc(N)nc(N)c2C#N)cc1Cn1cccn1. The summed E-state index contributed by atoms with van der Waals surface area (Å²) in [5.74, 6) is 0.825. The van der Waals surface area contributed by atoms with Crippen molar-refractivity contribution in [3.05, 3.63) is 47.8 Å². The number of nitrogens with two attached hydrogens (primary N) is 2. The number of hydrogen-bond acceptors (Lipinski definition) is 7. The van der Waals surface area contributed by atoms with Gasteiger partial charge >= 0.3 is 0 Å². The molecule has 2 heterocycles. The highest BCUT2D eigenvalue weighted by Gasteiger charge is 2.16. The first-order chi connectivity index (χ1) is 12.5. The van der Waals surface area contributed by atoms with Crippen molar-refractivity contribution in [3.8, 4) is 23.1 Å². The zero-order valence-corrected chi connectivity index (χ0v) is 14.5. The molecule has 0 aliphatic rings. The van der Waals surface area contributed by atoms with Crippen molar-refractivity contribution in [1.82, 2.24) is 19.7 Å². The molecule has 3 aromatic rings. The van der Waals surface area contributed by atoms with E-state index >= 15 is 0 Å². The molecule has 0 amide bonds. The van der Waals surface area contributed by atoms with Gasteiger partial charge in [0.1, 0.15) is 23.2 Å². The van der Waals surface area contributed by atoms with Gasteiger partial charge in [-0.05, 0) is 38.1 Å². The van der Waals surface area contributed by atoms with Gasteiger partial charge in [0.15, 0.2) is 0 Å². The summed E-state index contributed by atoms with van der Waals surface area (Å²) in [6.07, 6.45) is 3.61. The monoisotopic (exact) mass is 349 g/mol. The fourth-order valence-corrected chi connectivity index (χ4v) is 2.60. The Morgan fingerprint density at radius 1 is 1.27 bits per heavy atom. The summed E-state index contributed by atoms with van der Waals surface area (Å²) in [7, 11) is 0. The molecule has 8 heteroatoms. The van der Waals surface area contributed by atoms with E-state index in [4.69, 9.17) is 16.2 Å². The Balaban J connectivity index is 2.11. The van der Waals surface area contributed by atoms with E-state index in [0.717, 1.165) is 11.3 Å². The Bertz CT molecular complexity index is 958. The van der Waals surface area contributed by atoms with Gasteiger partial charge in [-0.1, -0.05) is 0 Å². The Labute approximate surface area is 151 Å². The van der Waals surface area contributed by atoms with Crippen LogP contribution >= 0.6 is 0 Å². The van der Waals surface area contributed by atoms with Crippen molar-refractivity contribution in [2.24, 2.45) is 0 Å². The lowest BCUT2D eigenvalue weighted by atomic mass is 10.0. The summed E-state index contributed by atoms with van der Waals surface area (Å²) >= 11 is 0. The van der Waals surface area contributed by atoms with Crippen LogP contribution in [0.15, 0.2) is 36.7 Å². The molecule has 0 fully saturated rings. The number of nitriles is 1. The fourth-order valence-electron chi connectivity index (χ4n) is 2.60. The van der Waals surface area contributed by atoms with Gasteiger partial charge in [0, 0.05) is 23.5 Å². The molecule has 2 aromatic heterocycles. The second kappa shape index (κ2) is 7.11. The molecule has 0 unspecified atom stereocenters. The van der Waals surface area contributed by atoms with E-state index in [2.05, 4.69) is 15.1 Å². The molecular weight excluding hydrogens is 330 g/mol. The number of anilines is 2. The van der Waals surface area contributed by atoms with Crippen LogP contribution in [0.3, 0.4) is 0 Å². The number of ether oxygens (including phenoxy) is 1. The van der Waals surface area contributed by atoms with Gasteiger partial charge in [0.05, 0.1) is 18.3 Å². The van der Waals surface area contributed by atoms with E-state index < -0.39 is 0 Å². The van der Waals surface area contributed by atoms with Gasteiger partial charge in [-0.15, -0.1) is 0 Å². The van der Waals surface area contributed by atoms with Crippen molar-refractivity contribution in [3.63, 3.8) is 0 Å². The van der Waals surface area contributed by atoms with Crippen LogP contribution in [-0.4, -0.2) is 25.9 Å². The summed E-state index contributed by atoms with van der Waals surface area (Å²) in [4.78, 5) is 8.06. The lowest BCUT2D eigenvalue weighted by molar-refractivity contribution is 0.239. The second-order valence-electron chi connectivity index (χ2n) is 6.00. The van der Waals surface area contributed by atoms with Crippen LogP contribution in [0.25, 0.3) is 11.3 Å². The summed E-state index contributed by atoms with van der Waals surface area (Å²) < 4.78 is 7.69. The van der Waals surface area contributed by atoms with Crippen LogP contribution in [0.1, 0.15) is 25.0 Å². The summed E-state index contributed by atoms with van der Waals surface area (Å²) in [6, 6.07) is 9.48. The number of benzene rings is 1. The molecule has 0 bridgehead atoms. The van der Waals surface area contributed by atoms with Crippen LogP contribution in [0.5, 0.6) is 5.75 Å². The quantitative estimate of drug-likeness (QED) is 0.722. The van der Waals surface area contributed by atoms with E-state index in [1.54, 1.807) is 10.9 Å². The maximum Gasteiger partial charge on any atom is 0.222 e. The van der Waals surface area contributed by atoms with E-state index in [-0.39, 0.29) is 23.4 Å². The van der Waals surface area contributed by atoms with Crippen molar-refractivity contribution in [1.29, 1.82) is 5.26 Å². The highest BCUT2D eigenvalue weighted by molar-refractivity contribution is 5.74. The topological polar surface area (TPSA) is 129 Å². The minimum atomic E-state index is 0.0210. The number of aromatic nitrogens is 4. The van der Waals surface area contributed by atoms with Gasteiger partial charge in [0.2, 0.25) is 5.95 Å². The van der Waals surface area contributed by atoms with Crippen molar-refractivity contribution in [2.45, 2.75) is 26.5 Å². The molecule has 0 spiro atoms. The lowest BCUT2D eigenvalue weighted by Gasteiger charge is -2.16. The third-order valence-corrected chi connectivity index (χ3v) is 3.65. The zero-order chi connectivity index (χ0) is 18.7. The number of hydrogen-bond donors (Lipinski definition) is 2. The Morgan fingerprint density at radius 2 is 2.08 bits per heavy atom. The molecule has 0 atom stereocenters. The minimum absolute atomic E-state index is 0.0210. The van der Waals surface area contributed by atoms with E-state index in [0.29, 0.717) is 17.8 Å². The minimum Gasteiger partial charge on any atom is -0.491 e. The highest BCUT2D eigenvalue weighted by atomic mass is 16.5. The molecule has 0 saturated carbocycles. The van der Waals surface area contributed by atoms with Crippen LogP contribution in [0, 0.1) is 11.3 Å². The predicted molar refractivity (Wildman–Crippen MR) is 98.1 cm³/mol. The molecule has 0 radical (unpaired) electrons. The molecule has 8 nitrogen and oxygen atoms in total. The second-order valence-corrected chi connectivity index (χ2v) is 6.00. The largest absolute Gasteiger partial charge is 0.491 e. The zero-order valence-electron chi connectivity index (χ0n) is 14.5. The van der Waals surface area contributed by atoms with Gasteiger partial charge in [-0.3, -0.25) is 4.68 Å². The summed E-state index contributed by atoms with van der Waals surface area (Å²) in [5, 5.41) is 13.7. The number of nitrogen functional groups attached to an aromatic ring is 2. The van der Waals surface area contributed by atoms with E-state index in [1.165, 1.54) is 0 Å². The van der Waals surface area contributed by atoms with Gasteiger partial charge in [-0.2, -0.15) is 15.3 Å². The molecule has 26 heavy (non-hydrogen) atoms. The van der Waals surface area contributed by atoms with Crippen LogP contribution in [-0.2, 0) is 6.54 Å². The van der Waals surface area contributed by atoms with Crippen LogP contribution < -0.4 is 16.2 Å². The first-order valence-corrected chi connectivity index (χ1v) is 8.08. The first-order valence-electron chi connectivity index (χ1n) is 8.08. The molecular formula is C18H19N7O. The standard InChI is InChI=1S/C18H19N7O/c1-11(2)26-15-5-4-12(8-13(15)10-25-7-3-6-22-25)16-14(9-19)17(20)24-18(21)23-16/h3-8,11H,10H2,1-2H3,(H4,20,21,23,24). The number of nitrogens with zero attached hydrogens (tertiary/aromatic N) is 5. The molecule has 1 aromatic carbocycles. The van der Waals surface area contributed by atoms with Crippen molar-refractivity contribution < 1.29 is 4.74 Å². The summed E-state index contributed by atoms with van der Waals surface area (Å²) in [5.41, 5.74) is 13.7. The molecule has 0 aliphatic carbocycles. The number of rotatable bonds is 5. The maximum atomic E-state index is 9.41. The molecule has 4 N–H and O–H groups in total. The van der Waals surface area contributed by atoms with Crippen LogP contribution in [0.4, 0.5) is 11.8 Å². The highest BCUT2D eigenvalue weighted by Crippen LogP contribution is 2.30. The first kappa shape index (κ1) is 17.2. The molecule has 0 saturated heterocycles. The fraction of sp³-hybridized carbons (Fsp3) is 0.222. The average Bonchev–Trinajstić information content (AvgIpc) is 3.08. The Kier molecular flexibility index (Phi) is 4.71. The average molecular weight is 349 g/mol. The van der Waals surface area contributed by atoms with Gasteiger partial charge < -0.3 is 16.2 Å². The lowest BCUT2D eigenvalue weighted by Crippen LogP contribution is -2.10. The third kappa shape index (κ3) is 3.57.